The monoisotopic (exact) mass is 138 g/mol. The molecule has 2 nitrogen and oxygen atoms in total. The van der Waals surface area contributed by atoms with Gasteiger partial charge in [0.1, 0.15) is 0 Å². The maximum Gasteiger partial charge on any atom is 0.0393 e. The van der Waals surface area contributed by atoms with E-state index in [9.17, 15) is 0 Å². The molecule has 0 spiro atoms. The van der Waals surface area contributed by atoms with Gasteiger partial charge in [-0.1, -0.05) is 0 Å². The second kappa shape index (κ2) is 2.86. The van der Waals surface area contributed by atoms with Crippen LogP contribution in [0.2, 0.25) is 0 Å². The third-order valence-corrected chi connectivity index (χ3v) is 1.93. The topological polar surface area (TPSA) is 38.4 Å². The molecule has 56 valence electrons. The molecule has 0 aromatic heterocycles. The van der Waals surface area contributed by atoms with Gasteiger partial charge in [-0.3, -0.25) is 4.99 Å². The summed E-state index contributed by atoms with van der Waals surface area (Å²) in [6.45, 7) is 1.95. The first-order valence-corrected chi connectivity index (χ1v) is 3.67. The Labute approximate surface area is 61.8 Å². The average Bonchev–Trinajstić information content (AvgIpc) is 2.33. The Morgan fingerprint density at radius 1 is 1.50 bits per heavy atom. The molecule has 0 unspecified atom stereocenters. The molecule has 1 aliphatic carbocycles. The van der Waals surface area contributed by atoms with E-state index in [1.165, 1.54) is 17.7 Å². The van der Waals surface area contributed by atoms with Crippen molar-refractivity contribution in [2.75, 3.05) is 7.05 Å². The SMILES string of the molecule is CN=C1CCCC1=C(C)N. The smallest absolute Gasteiger partial charge is 0.0393 e. The summed E-state index contributed by atoms with van der Waals surface area (Å²) in [7, 11) is 1.84. The van der Waals surface area contributed by atoms with E-state index in [2.05, 4.69) is 4.99 Å². The fourth-order valence-electron chi connectivity index (χ4n) is 1.40. The molecule has 0 amide bonds. The highest BCUT2D eigenvalue weighted by Crippen LogP contribution is 2.22. The first-order valence-electron chi connectivity index (χ1n) is 3.67. The van der Waals surface area contributed by atoms with Gasteiger partial charge in [-0.25, -0.2) is 0 Å². The fourth-order valence-corrected chi connectivity index (χ4v) is 1.40. The van der Waals surface area contributed by atoms with Crippen molar-refractivity contribution in [2.45, 2.75) is 26.2 Å². The Hall–Kier alpha value is -0.790. The number of hydrogen-bond acceptors (Lipinski definition) is 2. The zero-order valence-corrected chi connectivity index (χ0v) is 6.65. The first-order chi connectivity index (χ1) is 4.75. The molecule has 0 aliphatic heterocycles. The van der Waals surface area contributed by atoms with Crippen molar-refractivity contribution in [3.05, 3.63) is 11.3 Å². The van der Waals surface area contributed by atoms with E-state index in [1.807, 2.05) is 14.0 Å². The van der Waals surface area contributed by atoms with Crippen LogP contribution in [0.5, 0.6) is 0 Å². The van der Waals surface area contributed by atoms with E-state index < -0.39 is 0 Å². The van der Waals surface area contributed by atoms with Gasteiger partial charge in [0, 0.05) is 18.5 Å². The number of hydrogen-bond donors (Lipinski definition) is 1. The Balaban J connectivity index is 2.89. The minimum Gasteiger partial charge on any atom is -0.402 e. The van der Waals surface area contributed by atoms with Crippen LogP contribution in [0.25, 0.3) is 0 Å². The molecule has 1 saturated carbocycles. The van der Waals surface area contributed by atoms with Gasteiger partial charge in [0.05, 0.1) is 0 Å². The lowest BCUT2D eigenvalue weighted by Crippen LogP contribution is -2.02. The molecule has 2 heteroatoms. The van der Waals surface area contributed by atoms with Crippen molar-refractivity contribution in [2.24, 2.45) is 10.7 Å². The Morgan fingerprint density at radius 2 is 2.20 bits per heavy atom. The number of nitrogens with two attached hydrogens (primary N) is 1. The van der Waals surface area contributed by atoms with Crippen molar-refractivity contribution in [3.8, 4) is 0 Å². The van der Waals surface area contributed by atoms with Crippen molar-refractivity contribution in [3.63, 3.8) is 0 Å². The molecule has 1 rings (SSSR count). The quantitative estimate of drug-likeness (QED) is 0.541. The Bertz CT molecular complexity index is 185. The third kappa shape index (κ3) is 1.20. The summed E-state index contributed by atoms with van der Waals surface area (Å²) in [4.78, 5) is 4.17. The van der Waals surface area contributed by atoms with Gasteiger partial charge in [-0.15, -0.1) is 0 Å². The van der Waals surface area contributed by atoms with Crippen molar-refractivity contribution < 1.29 is 0 Å². The summed E-state index contributed by atoms with van der Waals surface area (Å²) >= 11 is 0. The van der Waals surface area contributed by atoms with Gasteiger partial charge < -0.3 is 5.73 Å². The van der Waals surface area contributed by atoms with E-state index >= 15 is 0 Å². The lowest BCUT2D eigenvalue weighted by molar-refractivity contribution is 0.937. The molecule has 10 heavy (non-hydrogen) atoms. The van der Waals surface area contributed by atoms with Gasteiger partial charge >= 0.3 is 0 Å². The summed E-state index contributed by atoms with van der Waals surface area (Å²) < 4.78 is 0. The standard InChI is InChI=1S/C8H14N2/c1-6(9)7-4-3-5-8(7)10-2/h3-5,9H2,1-2H3. The summed E-state index contributed by atoms with van der Waals surface area (Å²) in [5, 5.41) is 0. The van der Waals surface area contributed by atoms with Crippen LogP contribution in [0.1, 0.15) is 26.2 Å². The van der Waals surface area contributed by atoms with Crippen LogP contribution >= 0.6 is 0 Å². The molecule has 0 atom stereocenters. The van der Waals surface area contributed by atoms with Crippen molar-refractivity contribution in [1.29, 1.82) is 0 Å². The van der Waals surface area contributed by atoms with Gasteiger partial charge in [-0.05, 0) is 31.8 Å². The highest BCUT2D eigenvalue weighted by molar-refractivity contribution is 6.02. The Morgan fingerprint density at radius 3 is 2.60 bits per heavy atom. The van der Waals surface area contributed by atoms with Crippen molar-refractivity contribution >= 4 is 5.71 Å². The van der Waals surface area contributed by atoms with Gasteiger partial charge in [0.2, 0.25) is 0 Å². The van der Waals surface area contributed by atoms with E-state index in [1.54, 1.807) is 0 Å². The molecule has 0 aromatic rings. The Kier molecular flexibility index (Phi) is 2.10. The summed E-state index contributed by atoms with van der Waals surface area (Å²) in [6, 6.07) is 0. The third-order valence-electron chi connectivity index (χ3n) is 1.93. The molecule has 1 aliphatic rings. The van der Waals surface area contributed by atoms with Crippen LogP contribution in [0, 0.1) is 0 Å². The van der Waals surface area contributed by atoms with Gasteiger partial charge in [0.15, 0.2) is 0 Å². The predicted octanol–water partition coefficient (Wildman–Crippen LogP) is 1.47. The molecule has 1 fully saturated rings. The maximum absolute atomic E-state index is 5.66. The maximum atomic E-state index is 5.66. The molecular formula is C8H14N2. The number of nitrogens with zero attached hydrogens (tertiary/aromatic N) is 1. The van der Waals surface area contributed by atoms with E-state index in [0.717, 1.165) is 18.5 Å². The molecule has 0 radical (unpaired) electrons. The van der Waals surface area contributed by atoms with Crippen LogP contribution in [-0.2, 0) is 0 Å². The van der Waals surface area contributed by atoms with Crippen LogP contribution in [0.3, 0.4) is 0 Å². The fraction of sp³-hybridized carbons (Fsp3) is 0.625. The first kappa shape index (κ1) is 7.32. The van der Waals surface area contributed by atoms with Crippen LogP contribution in [-0.4, -0.2) is 12.8 Å². The van der Waals surface area contributed by atoms with Crippen LogP contribution in [0.4, 0.5) is 0 Å². The zero-order valence-electron chi connectivity index (χ0n) is 6.65. The number of aliphatic imine (C=N–C) groups is 1. The molecule has 2 N–H and O–H groups in total. The highest BCUT2D eigenvalue weighted by atomic mass is 14.7. The summed E-state index contributed by atoms with van der Waals surface area (Å²) in [5.41, 5.74) is 9.09. The highest BCUT2D eigenvalue weighted by Gasteiger charge is 2.15. The average molecular weight is 138 g/mol. The zero-order chi connectivity index (χ0) is 7.56. The minimum atomic E-state index is 0.943. The van der Waals surface area contributed by atoms with E-state index in [0.29, 0.717) is 0 Å². The number of rotatable bonds is 0. The lowest BCUT2D eigenvalue weighted by atomic mass is 10.1. The van der Waals surface area contributed by atoms with Gasteiger partial charge in [-0.2, -0.15) is 0 Å². The number of allylic oxidation sites excluding steroid dienone is 2. The van der Waals surface area contributed by atoms with E-state index in [-0.39, 0.29) is 0 Å². The van der Waals surface area contributed by atoms with Crippen LogP contribution < -0.4 is 5.73 Å². The molecule has 0 aromatic carbocycles. The second-order valence-corrected chi connectivity index (χ2v) is 2.69. The minimum absolute atomic E-state index is 0.943. The van der Waals surface area contributed by atoms with Gasteiger partial charge in [0.25, 0.3) is 0 Å². The molecule has 0 bridgehead atoms. The summed E-state index contributed by atoms with van der Waals surface area (Å²) in [5.74, 6) is 0. The van der Waals surface area contributed by atoms with Crippen LogP contribution in [0.15, 0.2) is 16.3 Å². The summed E-state index contributed by atoms with van der Waals surface area (Å²) in [6.07, 6.45) is 3.45. The largest absolute Gasteiger partial charge is 0.402 e. The second-order valence-electron chi connectivity index (χ2n) is 2.69. The molecule has 0 heterocycles. The van der Waals surface area contributed by atoms with E-state index in [4.69, 9.17) is 5.73 Å². The molecular weight excluding hydrogens is 124 g/mol. The molecule has 0 saturated heterocycles. The lowest BCUT2D eigenvalue weighted by Gasteiger charge is -1.99. The normalized spacial score (nSPS) is 27.6. The van der Waals surface area contributed by atoms with Crippen molar-refractivity contribution in [1.82, 2.24) is 0 Å². The predicted molar refractivity (Wildman–Crippen MR) is 44.1 cm³/mol.